The molecule has 1 saturated heterocycles. The third kappa shape index (κ3) is 2.14. The summed E-state index contributed by atoms with van der Waals surface area (Å²) in [5.74, 6) is 0.331. The smallest absolute Gasteiger partial charge is 0.230 e. The minimum atomic E-state index is 0.0259. The SMILES string of the molecule is CC(C(=O)N1CCC2(CC1)CC2Br)c1cccs1. The van der Waals surface area contributed by atoms with Crippen molar-refractivity contribution in [3.63, 3.8) is 0 Å². The second-order valence-electron chi connectivity index (χ2n) is 5.60. The molecule has 1 aromatic heterocycles. The highest BCUT2D eigenvalue weighted by Crippen LogP contribution is 2.58. The van der Waals surface area contributed by atoms with Crippen LogP contribution in [0.3, 0.4) is 0 Å². The van der Waals surface area contributed by atoms with Gasteiger partial charge in [-0.25, -0.2) is 0 Å². The number of hydrogen-bond donors (Lipinski definition) is 0. The van der Waals surface area contributed by atoms with Crippen LogP contribution in [0.25, 0.3) is 0 Å². The molecule has 2 nitrogen and oxygen atoms in total. The maximum atomic E-state index is 12.4. The molecule has 1 aliphatic carbocycles. The monoisotopic (exact) mass is 327 g/mol. The number of hydrogen-bond acceptors (Lipinski definition) is 2. The summed E-state index contributed by atoms with van der Waals surface area (Å²) >= 11 is 5.40. The van der Waals surface area contributed by atoms with Crippen LogP contribution < -0.4 is 0 Å². The van der Waals surface area contributed by atoms with E-state index >= 15 is 0 Å². The average Bonchev–Trinajstić information content (AvgIpc) is 2.85. The first-order valence-electron chi connectivity index (χ1n) is 6.59. The van der Waals surface area contributed by atoms with Crippen molar-refractivity contribution < 1.29 is 4.79 Å². The summed E-state index contributed by atoms with van der Waals surface area (Å²) in [4.78, 5) is 16.4. The van der Waals surface area contributed by atoms with Gasteiger partial charge >= 0.3 is 0 Å². The van der Waals surface area contributed by atoms with Gasteiger partial charge < -0.3 is 4.90 Å². The zero-order valence-corrected chi connectivity index (χ0v) is 13.0. The van der Waals surface area contributed by atoms with E-state index in [4.69, 9.17) is 0 Å². The highest BCUT2D eigenvalue weighted by Gasteiger charge is 2.53. The fourth-order valence-electron chi connectivity index (χ4n) is 2.92. The molecule has 1 saturated carbocycles. The van der Waals surface area contributed by atoms with Crippen LogP contribution in [0.5, 0.6) is 0 Å². The third-order valence-electron chi connectivity index (χ3n) is 4.50. The second-order valence-corrected chi connectivity index (χ2v) is 7.68. The van der Waals surface area contributed by atoms with Crippen molar-refractivity contribution in [2.24, 2.45) is 5.41 Å². The van der Waals surface area contributed by atoms with Crippen molar-refractivity contribution in [2.45, 2.75) is 36.9 Å². The van der Waals surface area contributed by atoms with Gasteiger partial charge in [0.25, 0.3) is 0 Å². The normalized spacial score (nSPS) is 27.2. The van der Waals surface area contributed by atoms with Gasteiger partial charge in [-0.2, -0.15) is 0 Å². The van der Waals surface area contributed by atoms with Crippen molar-refractivity contribution in [3.05, 3.63) is 22.4 Å². The first-order valence-corrected chi connectivity index (χ1v) is 8.38. The minimum Gasteiger partial charge on any atom is -0.342 e. The lowest BCUT2D eigenvalue weighted by atomic mass is 9.93. The predicted octanol–water partition coefficient (Wildman–Crippen LogP) is 3.63. The zero-order chi connectivity index (χ0) is 12.8. The van der Waals surface area contributed by atoms with Crippen molar-refractivity contribution in [2.75, 3.05) is 13.1 Å². The summed E-state index contributed by atoms with van der Waals surface area (Å²) < 4.78 is 0. The number of nitrogens with zero attached hydrogens (tertiary/aromatic N) is 1. The van der Waals surface area contributed by atoms with Gasteiger partial charge in [-0.1, -0.05) is 22.0 Å². The van der Waals surface area contributed by atoms with Crippen molar-refractivity contribution in [3.8, 4) is 0 Å². The molecule has 98 valence electrons. The van der Waals surface area contributed by atoms with Gasteiger partial charge in [-0.05, 0) is 43.0 Å². The summed E-state index contributed by atoms with van der Waals surface area (Å²) in [6.07, 6.45) is 3.65. The van der Waals surface area contributed by atoms with E-state index in [-0.39, 0.29) is 5.92 Å². The number of carbonyl (C=O) groups is 1. The topological polar surface area (TPSA) is 20.3 Å². The number of piperidine rings is 1. The van der Waals surface area contributed by atoms with Gasteiger partial charge in [-0.15, -0.1) is 11.3 Å². The number of likely N-dealkylation sites (tertiary alicyclic amines) is 1. The number of rotatable bonds is 2. The largest absolute Gasteiger partial charge is 0.342 e. The molecule has 2 heterocycles. The Morgan fingerprint density at radius 3 is 2.72 bits per heavy atom. The molecule has 1 spiro atoms. The van der Waals surface area contributed by atoms with E-state index in [1.54, 1.807) is 11.3 Å². The molecule has 2 atom stereocenters. The Hall–Kier alpha value is -0.350. The Balaban J connectivity index is 1.61. The van der Waals surface area contributed by atoms with E-state index in [0.29, 0.717) is 16.1 Å². The molecule has 4 heteroatoms. The van der Waals surface area contributed by atoms with Gasteiger partial charge in [0.2, 0.25) is 5.91 Å². The average molecular weight is 328 g/mol. The Morgan fingerprint density at radius 1 is 1.56 bits per heavy atom. The molecule has 1 aliphatic heterocycles. The van der Waals surface area contributed by atoms with Gasteiger partial charge in [-0.3, -0.25) is 4.79 Å². The Labute approximate surface area is 120 Å². The number of thiophene rings is 1. The Bertz CT molecular complexity index is 437. The van der Waals surface area contributed by atoms with Crippen molar-refractivity contribution >= 4 is 33.2 Å². The molecule has 0 aromatic carbocycles. The summed E-state index contributed by atoms with van der Waals surface area (Å²) in [5.41, 5.74) is 0.531. The fourth-order valence-corrected chi connectivity index (χ4v) is 4.80. The van der Waals surface area contributed by atoms with Crippen LogP contribution in [0.15, 0.2) is 17.5 Å². The minimum absolute atomic E-state index is 0.0259. The van der Waals surface area contributed by atoms with Gasteiger partial charge in [0.05, 0.1) is 5.92 Å². The second kappa shape index (κ2) is 4.64. The van der Waals surface area contributed by atoms with Gasteiger partial charge in [0.1, 0.15) is 0 Å². The highest BCUT2D eigenvalue weighted by atomic mass is 79.9. The number of amides is 1. The number of alkyl halides is 1. The van der Waals surface area contributed by atoms with E-state index in [2.05, 4.69) is 26.9 Å². The molecule has 2 unspecified atom stereocenters. The molecule has 0 radical (unpaired) electrons. The molecule has 2 aliphatic rings. The predicted molar refractivity (Wildman–Crippen MR) is 78.3 cm³/mol. The first-order chi connectivity index (χ1) is 8.62. The molecule has 0 N–H and O–H groups in total. The summed E-state index contributed by atoms with van der Waals surface area (Å²) in [6, 6.07) is 4.09. The molecule has 2 fully saturated rings. The third-order valence-corrected chi connectivity index (χ3v) is 6.85. The molecule has 18 heavy (non-hydrogen) atoms. The first kappa shape index (κ1) is 12.7. The van der Waals surface area contributed by atoms with Crippen molar-refractivity contribution in [1.29, 1.82) is 0 Å². The molecular formula is C14H18BrNOS. The lowest BCUT2D eigenvalue weighted by molar-refractivity contribution is -0.133. The van der Waals surface area contributed by atoms with E-state index in [0.717, 1.165) is 13.1 Å². The highest BCUT2D eigenvalue weighted by molar-refractivity contribution is 9.09. The zero-order valence-electron chi connectivity index (χ0n) is 10.6. The maximum Gasteiger partial charge on any atom is 0.230 e. The Kier molecular flexibility index (Phi) is 3.27. The molecular weight excluding hydrogens is 310 g/mol. The van der Waals surface area contributed by atoms with E-state index < -0.39 is 0 Å². The number of halogens is 1. The van der Waals surface area contributed by atoms with Crippen LogP contribution in [0.2, 0.25) is 0 Å². The molecule has 1 amide bonds. The lowest BCUT2D eigenvalue weighted by Crippen LogP contribution is -2.41. The van der Waals surface area contributed by atoms with Crippen LogP contribution in [0.4, 0.5) is 0 Å². The summed E-state index contributed by atoms with van der Waals surface area (Å²) in [7, 11) is 0. The summed E-state index contributed by atoms with van der Waals surface area (Å²) in [5, 5.41) is 2.05. The summed E-state index contributed by atoms with van der Waals surface area (Å²) in [6.45, 7) is 3.91. The van der Waals surface area contributed by atoms with Gasteiger partial charge in [0.15, 0.2) is 0 Å². The van der Waals surface area contributed by atoms with Gasteiger partial charge in [0, 0.05) is 22.8 Å². The quantitative estimate of drug-likeness (QED) is 0.759. The number of carbonyl (C=O) groups excluding carboxylic acids is 1. The maximum absolute atomic E-state index is 12.4. The van der Waals surface area contributed by atoms with Crippen LogP contribution in [-0.4, -0.2) is 28.7 Å². The van der Waals surface area contributed by atoms with E-state index in [9.17, 15) is 4.79 Å². The Morgan fingerprint density at radius 2 is 2.22 bits per heavy atom. The van der Waals surface area contributed by atoms with Crippen LogP contribution in [-0.2, 0) is 4.79 Å². The lowest BCUT2D eigenvalue weighted by Gasteiger charge is -2.34. The van der Waals surface area contributed by atoms with E-state index in [1.165, 1.54) is 24.1 Å². The molecule has 0 bridgehead atoms. The molecule has 3 rings (SSSR count). The van der Waals surface area contributed by atoms with Crippen LogP contribution in [0, 0.1) is 5.41 Å². The van der Waals surface area contributed by atoms with E-state index in [1.807, 2.05) is 18.4 Å². The fraction of sp³-hybridized carbons (Fsp3) is 0.643. The molecule has 1 aromatic rings. The van der Waals surface area contributed by atoms with Crippen LogP contribution >= 0.6 is 27.3 Å². The van der Waals surface area contributed by atoms with Crippen LogP contribution in [0.1, 0.15) is 37.0 Å². The van der Waals surface area contributed by atoms with Crippen molar-refractivity contribution in [1.82, 2.24) is 4.90 Å². The standard InChI is InChI=1S/C14H18BrNOS/c1-10(11-3-2-8-18-11)13(17)16-6-4-14(5-7-16)9-12(14)15/h2-3,8,10,12H,4-7,9H2,1H3.